The van der Waals surface area contributed by atoms with Crippen LogP contribution in [0.15, 0.2) is 0 Å². The summed E-state index contributed by atoms with van der Waals surface area (Å²) in [7, 11) is 0. The molecular formula is C7H14F2O2S. The summed E-state index contributed by atoms with van der Waals surface area (Å²) < 4.78 is 42.3. The maximum Gasteiger partial charge on any atom is 0.200 e. The van der Waals surface area contributed by atoms with E-state index in [1.54, 1.807) is 0 Å². The van der Waals surface area contributed by atoms with Crippen molar-refractivity contribution in [2.75, 3.05) is 6.67 Å². The molecule has 0 rings (SSSR count). The average molecular weight is 200 g/mol. The highest BCUT2D eigenvalue weighted by Gasteiger charge is 2.11. The molecule has 0 aromatic rings. The molecule has 2 atom stereocenters. The molecule has 0 aromatic carbocycles. The van der Waals surface area contributed by atoms with E-state index >= 15 is 0 Å². The van der Waals surface area contributed by atoms with Crippen molar-refractivity contribution >= 4 is 11.1 Å². The van der Waals surface area contributed by atoms with Gasteiger partial charge in [-0.1, -0.05) is 12.8 Å². The van der Waals surface area contributed by atoms with Crippen LogP contribution in [0.25, 0.3) is 0 Å². The van der Waals surface area contributed by atoms with E-state index in [0.29, 0.717) is 12.8 Å². The second-order valence-corrected chi connectivity index (χ2v) is 3.64. The first-order valence-electron chi connectivity index (χ1n) is 3.98. The maximum atomic E-state index is 12.4. The highest BCUT2D eigenvalue weighted by atomic mass is 32.2. The molecule has 0 aliphatic rings. The lowest BCUT2D eigenvalue weighted by Crippen LogP contribution is -2.07. The van der Waals surface area contributed by atoms with E-state index < -0.39 is 16.6 Å². The van der Waals surface area contributed by atoms with Gasteiger partial charge in [-0.25, -0.2) is 8.60 Å². The highest BCUT2D eigenvalue weighted by Crippen LogP contribution is 2.10. The third-order valence-electron chi connectivity index (χ3n) is 1.53. The monoisotopic (exact) mass is 200 g/mol. The van der Waals surface area contributed by atoms with Crippen LogP contribution in [0.2, 0.25) is 0 Å². The Bertz CT molecular complexity index is 133. The van der Waals surface area contributed by atoms with E-state index in [-0.39, 0.29) is 13.1 Å². The summed E-state index contributed by atoms with van der Waals surface area (Å²) in [5.41, 5.74) is -1.64. The number of rotatable bonds is 7. The zero-order valence-corrected chi connectivity index (χ0v) is 7.66. The fourth-order valence-corrected chi connectivity index (χ4v) is 1.22. The Balaban J connectivity index is 3.14. The molecule has 0 heterocycles. The molecular weight excluding hydrogens is 186 g/mol. The fourth-order valence-electron chi connectivity index (χ4n) is 0.854. The molecule has 5 heteroatoms. The van der Waals surface area contributed by atoms with E-state index in [1.807, 2.05) is 0 Å². The molecule has 0 saturated heterocycles. The zero-order chi connectivity index (χ0) is 9.40. The topological polar surface area (TPSA) is 37.3 Å². The Morgan fingerprint density at radius 3 is 2.33 bits per heavy atom. The summed E-state index contributed by atoms with van der Waals surface area (Å²) in [6.45, 7) is -0.342. The predicted octanol–water partition coefficient (Wildman–Crippen LogP) is 2.42. The Labute approximate surface area is 73.6 Å². The van der Waals surface area contributed by atoms with Gasteiger partial charge in [0.25, 0.3) is 0 Å². The first kappa shape index (κ1) is 12.0. The van der Waals surface area contributed by atoms with Gasteiger partial charge in [-0.2, -0.15) is 0 Å². The molecule has 0 bridgehead atoms. The maximum absolute atomic E-state index is 12.4. The first-order chi connectivity index (χ1) is 5.68. The number of unbranched alkanes of at least 4 members (excludes halogenated alkanes) is 3. The van der Waals surface area contributed by atoms with Crippen molar-refractivity contribution in [2.45, 2.75) is 37.6 Å². The highest BCUT2D eigenvalue weighted by molar-refractivity contribution is 7.79. The van der Waals surface area contributed by atoms with Crippen LogP contribution >= 0.6 is 0 Å². The molecule has 0 aliphatic carbocycles. The van der Waals surface area contributed by atoms with Gasteiger partial charge in [-0.3, -0.25) is 4.39 Å². The summed E-state index contributed by atoms with van der Waals surface area (Å²) >= 11 is -2.36. The number of halogens is 2. The zero-order valence-electron chi connectivity index (χ0n) is 6.84. The third kappa shape index (κ3) is 6.67. The largest absolute Gasteiger partial charge is 0.304 e. The van der Waals surface area contributed by atoms with E-state index in [9.17, 15) is 13.0 Å². The van der Waals surface area contributed by atoms with Gasteiger partial charge >= 0.3 is 0 Å². The Morgan fingerprint density at radius 1 is 1.25 bits per heavy atom. The molecule has 0 amide bonds. The molecule has 0 fully saturated rings. The van der Waals surface area contributed by atoms with Gasteiger partial charge in [0, 0.05) is 0 Å². The molecule has 2 unspecified atom stereocenters. The molecule has 2 nitrogen and oxygen atoms in total. The van der Waals surface area contributed by atoms with Crippen LogP contribution in [0.1, 0.15) is 32.1 Å². The SMILES string of the molecule is O=S(O)C(F)CCCCCCF. The van der Waals surface area contributed by atoms with Gasteiger partial charge in [-0.15, -0.1) is 0 Å². The summed E-state index contributed by atoms with van der Waals surface area (Å²) in [5.74, 6) is 0. The molecule has 0 saturated carbocycles. The van der Waals surface area contributed by atoms with E-state index in [2.05, 4.69) is 0 Å². The van der Waals surface area contributed by atoms with Crippen molar-refractivity contribution in [1.29, 1.82) is 0 Å². The minimum atomic E-state index is -2.36. The van der Waals surface area contributed by atoms with Crippen molar-refractivity contribution in [3.8, 4) is 0 Å². The van der Waals surface area contributed by atoms with E-state index in [4.69, 9.17) is 4.55 Å². The lowest BCUT2D eigenvalue weighted by atomic mass is 10.2. The Hall–Kier alpha value is -0.0300. The molecule has 74 valence electrons. The smallest absolute Gasteiger partial charge is 0.200 e. The predicted molar refractivity (Wildman–Crippen MR) is 44.7 cm³/mol. The van der Waals surface area contributed by atoms with Crippen molar-refractivity contribution in [1.82, 2.24) is 0 Å². The van der Waals surface area contributed by atoms with Crippen molar-refractivity contribution in [3.05, 3.63) is 0 Å². The fraction of sp³-hybridized carbons (Fsp3) is 1.00. The van der Waals surface area contributed by atoms with Crippen LogP contribution in [0.3, 0.4) is 0 Å². The Morgan fingerprint density at radius 2 is 1.83 bits per heavy atom. The first-order valence-corrected chi connectivity index (χ1v) is 5.15. The quantitative estimate of drug-likeness (QED) is 0.506. The van der Waals surface area contributed by atoms with Crippen LogP contribution in [-0.4, -0.2) is 20.9 Å². The van der Waals surface area contributed by atoms with Gasteiger partial charge in [0.2, 0.25) is 0 Å². The summed E-state index contributed by atoms with van der Waals surface area (Å²) in [5, 5.41) is 0. The van der Waals surface area contributed by atoms with Crippen LogP contribution in [0, 0.1) is 0 Å². The molecule has 0 aliphatic heterocycles. The number of hydrogen-bond acceptors (Lipinski definition) is 1. The standard InChI is InChI=1S/C7H14F2O2S/c8-6-4-2-1-3-5-7(9)12(10)11/h7H,1-6H2,(H,10,11). The van der Waals surface area contributed by atoms with Gasteiger partial charge in [0.15, 0.2) is 16.6 Å². The Kier molecular flexibility index (Phi) is 7.59. The molecule has 0 spiro atoms. The van der Waals surface area contributed by atoms with Gasteiger partial charge in [-0.05, 0) is 19.3 Å². The molecule has 0 radical (unpaired) electrons. The van der Waals surface area contributed by atoms with Crippen molar-refractivity contribution in [3.63, 3.8) is 0 Å². The normalized spacial score (nSPS) is 15.9. The second kappa shape index (κ2) is 7.61. The van der Waals surface area contributed by atoms with Crippen LogP contribution < -0.4 is 0 Å². The van der Waals surface area contributed by atoms with Gasteiger partial charge in [0.05, 0.1) is 6.67 Å². The van der Waals surface area contributed by atoms with Crippen molar-refractivity contribution in [2.24, 2.45) is 0 Å². The molecule has 1 N–H and O–H groups in total. The lowest BCUT2D eigenvalue weighted by Gasteiger charge is -2.02. The van der Waals surface area contributed by atoms with E-state index in [0.717, 1.165) is 12.8 Å². The average Bonchev–Trinajstić information content (AvgIpc) is 2.03. The van der Waals surface area contributed by atoms with Crippen LogP contribution in [-0.2, 0) is 11.1 Å². The van der Waals surface area contributed by atoms with Crippen LogP contribution in [0.5, 0.6) is 0 Å². The minimum Gasteiger partial charge on any atom is -0.304 e. The minimum absolute atomic E-state index is 0.0927. The molecule has 0 aromatic heterocycles. The van der Waals surface area contributed by atoms with Crippen molar-refractivity contribution < 1.29 is 17.5 Å². The molecule has 12 heavy (non-hydrogen) atoms. The lowest BCUT2D eigenvalue weighted by molar-refractivity contribution is 0.374. The van der Waals surface area contributed by atoms with Crippen LogP contribution in [0.4, 0.5) is 8.78 Å². The van der Waals surface area contributed by atoms with Gasteiger partial charge in [0.1, 0.15) is 0 Å². The van der Waals surface area contributed by atoms with E-state index in [1.165, 1.54) is 0 Å². The number of hydrogen-bond donors (Lipinski definition) is 1. The summed E-state index contributed by atoms with van der Waals surface area (Å²) in [6, 6.07) is 0. The third-order valence-corrected chi connectivity index (χ3v) is 2.21. The summed E-state index contributed by atoms with van der Waals surface area (Å²) in [4.78, 5) is 0. The summed E-state index contributed by atoms with van der Waals surface area (Å²) in [6.07, 6.45) is 2.59. The van der Waals surface area contributed by atoms with Gasteiger partial charge < -0.3 is 4.55 Å². The number of alkyl halides is 2. The second-order valence-electron chi connectivity index (χ2n) is 2.58.